The van der Waals surface area contributed by atoms with Crippen LogP contribution in [0.25, 0.3) is 0 Å². The van der Waals surface area contributed by atoms with Gasteiger partial charge < -0.3 is 16.0 Å². The number of hydrogen-bond acceptors (Lipinski definition) is 3. The second-order valence-corrected chi connectivity index (χ2v) is 4.72. The van der Waals surface area contributed by atoms with Gasteiger partial charge in [0, 0.05) is 25.0 Å². The molecular weight excluding hydrogens is 242 g/mol. The number of amides is 2. The molecule has 1 heterocycles. The quantitative estimate of drug-likeness (QED) is 0.765. The average molecular weight is 264 g/mol. The van der Waals surface area contributed by atoms with Crippen LogP contribution in [0.2, 0.25) is 0 Å². The van der Waals surface area contributed by atoms with Crippen LogP contribution in [0.3, 0.4) is 0 Å². The minimum absolute atomic E-state index is 0. The van der Waals surface area contributed by atoms with Gasteiger partial charge in [0.05, 0.1) is 0 Å². The van der Waals surface area contributed by atoms with Crippen molar-refractivity contribution in [3.05, 3.63) is 0 Å². The fourth-order valence-corrected chi connectivity index (χ4v) is 1.89. The summed E-state index contributed by atoms with van der Waals surface area (Å²) in [5.41, 5.74) is 5.52. The van der Waals surface area contributed by atoms with Crippen LogP contribution in [0.1, 0.15) is 33.6 Å². The second kappa shape index (κ2) is 6.81. The maximum absolute atomic E-state index is 11.8. The first kappa shape index (κ1) is 16.2. The van der Waals surface area contributed by atoms with E-state index in [1.165, 1.54) is 0 Å². The molecule has 0 aliphatic carbocycles. The highest BCUT2D eigenvalue weighted by Gasteiger charge is 2.33. The summed E-state index contributed by atoms with van der Waals surface area (Å²) >= 11 is 0. The molecule has 100 valence electrons. The normalized spacial score (nSPS) is 21.4. The molecule has 1 aliphatic rings. The summed E-state index contributed by atoms with van der Waals surface area (Å²) < 4.78 is 0. The summed E-state index contributed by atoms with van der Waals surface area (Å²) in [4.78, 5) is 25.1. The molecule has 0 radical (unpaired) electrons. The van der Waals surface area contributed by atoms with Gasteiger partial charge in [-0.15, -0.1) is 12.4 Å². The van der Waals surface area contributed by atoms with Gasteiger partial charge in [0.25, 0.3) is 0 Å². The number of hydrogen-bond donors (Lipinski definition) is 2. The summed E-state index contributed by atoms with van der Waals surface area (Å²) in [5.74, 6) is -0.119. The average Bonchev–Trinajstić information content (AvgIpc) is 2.46. The van der Waals surface area contributed by atoms with Crippen molar-refractivity contribution in [3.63, 3.8) is 0 Å². The summed E-state index contributed by atoms with van der Waals surface area (Å²) in [7, 11) is 0. The van der Waals surface area contributed by atoms with Gasteiger partial charge in [-0.05, 0) is 27.2 Å². The van der Waals surface area contributed by atoms with Gasteiger partial charge in [-0.1, -0.05) is 0 Å². The Morgan fingerprint density at radius 2 is 2.12 bits per heavy atom. The van der Waals surface area contributed by atoms with E-state index < -0.39 is 0 Å². The molecule has 0 saturated carbocycles. The molecule has 5 nitrogen and oxygen atoms in total. The molecule has 17 heavy (non-hydrogen) atoms. The first-order chi connectivity index (χ1) is 7.41. The number of halogens is 1. The first-order valence-corrected chi connectivity index (χ1v) is 5.77. The molecule has 2 unspecified atom stereocenters. The highest BCUT2D eigenvalue weighted by molar-refractivity contribution is 5.89. The van der Waals surface area contributed by atoms with E-state index in [1.807, 2.05) is 13.8 Å². The van der Waals surface area contributed by atoms with Gasteiger partial charge >= 0.3 is 0 Å². The third-order valence-corrected chi connectivity index (χ3v) is 2.71. The molecule has 0 aromatic carbocycles. The zero-order chi connectivity index (χ0) is 12.3. The lowest BCUT2D eigenvalue weighted by atomic mass is 10.2. The summed E-state index contributed by atoms with van der Waals surface area (Å²) in [6.45, 7) is 6.45. The Bertz CT molecular complexity index is 282. The molecule has 1 rings (SSSR count). The van der Waals surface area contributed by atoms with Gasteiger partial charge in [-0.25, -0.2) is 0 Å². The van der Waals surface area contributed by atoms with E-state index in [-0.39, 0.29) is 48.8 Å². The van der Waals surface area contributed by atoms with Crippen LogP contribution in [0.15, 0.2) is 0 Å². The number of carbonyl (C=O) groups is 2. The van der Waals surface area contributed by atoms with Gasteiger partial charge in [0.1, 0.15) is 6.04 Å². The van der Waals surface area contributed by atoms with Gasteiger partial charge in [-0.2, -0.15) is 0 Å². The van der Waals surface area contributed by atoms with Crippen molar-refractivity contribution >= 4 is 24.2 Å². The van der Waals surface area contributed by atoms with Crippen LogP contribution in [0.4, 0.5) is 0 Å². The number of nitrogens with one attached hydrogen (secondary N) is 1. The lowest BCUT2D eigenvalue weighted by molar-refractivity contribution is -0.133. The Hall–Kier alpha value is -0.810. The standard InChI is InChI=1S/C11H21N3O2.ClH/c1-7(2)14-5-4-9(11(14)16)13-10(15)6-8(3)12;/h7-9H,4-6,12H2,1-3H3,(H,13,15);1H. The Morgan fingerprint density at radius 3 is 2.53 bits per heavy atom. The Labute approximate surface area is 109 Å². The van der Waals surface area contributed by atoms with E-state index in [4.69, 9.17) is 5.73 Å². The highest BCUT2D eigenvalue weighted by atomic mass is 35.5. The van der Waals surface area contributed by atoms with Gasteiger partial charge in [0.15, 0.2) is 0 Å². The Morgan fingerprint density at radius 1 is 1.53 bits per heavy atom. The van der Waals surface area contributed by atoms with E-state index in [9.17, 15) is 9.59 Å². The Balaban J connectivity index is 0.00000256. The first-order valence-electron chi connectivity index (χ1n) is 5.77. The molecule has 1 aliphatic heterocycles. The summed E-state index contributed by atoms with van der Waals surface area (Å²) in [5, 5.41) is 2.73. The van der Waals surface area contributed by atoms with Crippen molar-refractivity contribution in [2.75, 3.05) is 6.54 Å². The smallest absolute Gasteiger partial charge is 0.245 e. The number of rotatable bonds is 4. The molecule has 6 heteroatoms. The van der Waals surface area contributed by atoms with Crippen molar-refractivity contribution in [1.82, 2.24) is 10.2 Å². The van der Waals surface area contributed by atoms with E-state index in [1.54, 1.807) is 11.8 Å². The molecule has 1 fully saturated rings. The molecule has 2 amide bonds. The SMILES string of the molecule is CC(N)CC(=O)NC1CCN(C(C)C)C1=O.Cl. The molecule has 0 aromatic heterocycles. The van der Waals surface area contributed by atoms with E-state index >= 15 is 0 Å². The van der Waals surface area contributed by atoms with Crippen molar-refractivity contribution < 1.29 is 9.59 Å². The fourth-order valence-electron chi connectivity index (χ4n) is 1.89. The number of carbonyl (C=O) groups excluding carboxylic acids is 2. The zero-order valence-electron chi connectivity index (χ0n) is 10.6. The van der Waals surface area contributed by atoms with E-state index in [2.05, 4.69) is 5.32 Å². The van der Waals surface area contributed by atoms with Crippen LogP contribution in [0.5, 0.6) is 0 Å². The molecule has 0 spiro atoms. The molecule has 0 bridgehead atoms. The van der Waals surface area contributed by atoms with Crippen LogP contribution in [-0.2, 0) is 9.59 Å². The van der Waals surface area contributed by atoms with Crippen LogP contribution in [0, 0.1) is 0 Å². The highest BCUT2D eigenvalue weighted by Crippen LogP contribution is 2.14. The largest absolute Gasteiger partial charge is 0.344 e. The van der Waals surface area contributed by atoms with E-state index in [0.29, 0.717) is 6.42 Å². The monoisotopic (exact) mass is 263 g/mol. The minimum Gasteiger partial charge on any atom is -0.344 e. The van der Waals surface area contributed by atoms with Crippen LogP contribution < -0.4 is 11.1 Å². The molecule has 3 N–H and O–H groups in total. The summed E-state index contributed by atoms with van der Waals surface area (Å²) in [6.07, 6.45) is 0.965. The number of nitrogens with zero attached hydrogens (tertiary/aromatic N) is 1. The number of likely N-dealkylation sites (tertiary alicyclic amines) is 1. The second-order valence-electron chi connectivity index (χ2n) is 4.72. The minimum atomic E-state index is -0.353. The van der Waals surface area contributed by atoms with E-state index in [0.717, 1.165) is 6.54 Å². The summed E-state index contributed by atoms with van der Waals surface area (Å²) in [6, 6.07) is -0.325. The molecular formula is C11H22ClN3O2. The third-order valence-electron chi connectivity index (χ3n) is 2.71. The molecule has 1 saturated heterocycles. The molecule has 0 aromatic rings. The van der Waals surface area contributed by atoms with Crippen LogP contribution in [-0.4, -0.2) is 41.4 Å². The van der Waals surface area contributed by atoms with Crippen molar-refractivity contribution in [1.29, 1.82) is 0 Å². The van der Waals surface area contributed by atoms with Crippen molar-refractivity contribution in [2.45, 2.75) is 51.7 Å². The van der Waals surface area contributed by atoms with Gasteiger partial charge in [0.2, 0.25) is 11.8 Å². The van der Waals surface area contributed by atoms with Crippen molar-refractivity contribution in [2.24, 2.45) is 5.73 Å². The van der Waals surface area contributed by atoms with Crippen molar-refractivity contribution in [3.8, 4) is 0 Å². The zero-order valence-corrected chi connectivity index (χ0v) is 11.4. The number of nitrogens with two attached hydrogens (primary N) is 1. The van der Waals surface area contributed by atoms with Crippen LogP contribution >= 0.6 is 12.4 Å². The third kappa shape index (κ3) is 4.52. The predicted molar refractivity (Wildman–Crippen MR) is 68.9 cm³/mol. The fraction of sp³-hybridized carbons (Fsp3) is 0.818. The lowest BCUT2D eigenvalue weighted by Crippen LogP contribution is -2.44. The van der Waals surface area contributed by atoms with Gasteiger partial charge in [-0.3, -0.25) is 9.59 Å². The maximum Gasteiger partial charge on any atom is 0.245 e. The lowest BCUT2D eigenvalue weighted by Gasteiger charge is -2.21. The molecule has 2 atom stereocenters. The topological polar surface area (TPSA) is 75.4 Å². The predicted octanol–water partition coefficient (Wildman–Crippen LogP) is 0.271. The maximum atomic E-state index is 11.8. The Kier molecular flexibility index (Phi) is 6.49.